The van der Waals surface area contributed by atoms with Crippen LogP contribution in [-0.4, -0.2) is 55.6 Å². The van der Waals surface area contributed by atoms with Gasteiger partial charge < -0.3 is 10.2 Å². The monoisotopic (exact) mass is 325 g/mol. The molecule has 1 saturated heterocycles. The van der Waals surface area contributed by atoms with E-state index in [2.05, 4.69) is 69.3 Å². The second-order valence-corrected chi connectivity index (χ2v) is 6.36. The standard InChI is InChI=1S/C15H24BrN3/c1-13(19-9-7-18(2)8-10-19)11-17-12-14-3-5-15(16)6-4-14/h3-6,13,17H,7-12H2,1-2H3. The summed E-state index contributed by atoms with van der Waals surface area (Å²) in [7, 11) is 2.20. The van der Waals surface area contributed by atoms with E-state index >= 15 is 0 Å². The van der Waals surface area contributed by atoms with Crippen molar-refractivity contribution in [3.8, 4) is 0 Å². The zero-order chi connectivity index (χ0) is 13.7. The fourth-order valence-corrected chi connectivity index (χ4v) is 2.68. The van der Waals surface area contributed by atoms with Gasteiger partial charge in [-0.2, -0.15) is 0 Å². The number of benzene rings is 1. The maximum atomic E-state index is 3.56. The van der Waals surface area contributed by atoms with Crippen LogP contribution in [0.4, 0.5) is 0 Å². The largest absolute Gasteiger partial charge is 0.311 e. The molecule has 1 aromatic carbocycles. The van der Waals surface area contributed by atoms with Crippen molar-refractivity contribution in [1.29, 1.82) is 0 Å². The van der Waals surface area contributed by atoms with Gasteiger partial charge in [0.2, 0.25) is 0 Å². The smallest absolute Gasteiger partial charge is 0.0206 e. The van der Waals surface area contributed by atoms with E-state index in [9.17, 15) is 0 Å². The summed E-state index contributed by atoms with van der Waals surface area (Å²) in [5.41, 5.74) is 1.34. The van der Waals surface area contributed by atoms with E-state index < -0.39 is 0 Å². The average Bonchev–Trinajstić information content (AvgIpc) is 2.41. The van der Waals surface area contributed by atoms with E-state index in [1.807, 2.05) is 0 Å². The normalized spacial score (nSPS) is 19.5. The third-order valence-corrected chi connectivity index (χ3v) is 4.37. The quantitative estimate of drug-likeness (QED) is 0.895. The molecule has 1 aliphatic rings. The molecule has 1 aliphatic heterocycles. The minimum Gasteiger partial charge on any atom is -0.311 e. The Morgan fingerprint density at radius 3 is 2.42 bits per heavy atom. The highest BCUT2D eigenvalue weighted by atomic mass is 79.9. The molecular formula is C15H24BrN3. The first kappa shape index (κ1) is 15.0. The lowest BCUT2D eigenvalue weighted by atomic mass is 10.2. The molecule has 1 heterocycles. The number of piperazine rings is 1. The maximum Gasteiger partial charge on any atom is 0.0206 e. The van der Waals surface area contributed by atoms with Gasteiger partial charge in [0, 0.05) is 49.8 Å². The second-order valence-electron chi connectivity index (χ2n) is 5.45. The number of halogens is 1. The fourth-order valence-electron chi connectivity index (χ4n) is 2.42. The van der Waals surface area contributed by atoms with Crippen molar-refractivity contribution in [2.24, 2.45) is 0 Å². The van der Waals surface area contributed by atoms with Crippen LogP contribution in [0, 0.1) is 0 Å². The van der Waals surface area contributed by atoms with Crippen LogP contribution in [0.5, 0.6) is 0 Å². The summed E-state index contributed by atoms with van der Waals surface area (Å²) in [6, 6.07) is 9.14. The van der Waals surface area contributed by atoms with Crippen LogP contribution in [0.1, 0.15) is 12.5 Å². The molecule has 1 fully saturated rings. The van der Waals surface area contributed by atoms with Gasteiger partial charge in [-0.15, -0.1) is 0 Å². The summed E-state index contributed by atoms with van der Waals surface area (Å²) in [6.45, 7) is 9.09. The second kappa shape index (κ2) is 7.39. The number of hydrogen-bond acceptors (Lipinski definition) is 3. The van der Waals surface area contributed by atoms with Gasteiger partial charge in [0.25, 0.3) is 0 Å². The Hall–Kier alpha value is -0.420. The number of likely N-dealkylation sites (N-methyl/N-ethyl adjacent to an activating group) is 1. The lowest BCUT2D eigenvalue weighted by Crippen LogP contribution is -2.50. The first-order chi connectivity index (χ1) is 9.15. The molecule has 0 bridgehead atoms. The molecule has 19 heavy (non-hydrogen) atoms. The molecule has 0 aromatic heterocycles. The van der Waals surface area contributed by atoms with Crippen LogP contribution < -0.4 is 5.32 Å². The van der Waals surface area contributed by atoms with Crippen molar-refractivity contribution < 1.29 is 0 Å². The molecule has 1 unspecified atom stereocenters. The van der Waals surface area contributed by atoms with Crippen LogP contribution in [0.15, 0.2) is 28.7 Å². The van der Waals surface area contributed by atoms with Gasteiger partial charge >= 0.3 is 0 Å². The van der Waals surface area contributed by atoms with Crippen LogP contribution in [0.25, 0.3) is 0 Å². The Labute approximate surface area is 125 Å². The molecule has 2 rings (SSSR count). The summed E-state index contributed by atoms with van der Waals surface area (Å²) in [5.74, 6) is 0. The highest BCUT2D eigenvalue weighted by Gasteiger charge is 2.18. The summed E-state index contributed by atoms with van der Waals surface area (Å²) >= 11 is 3.46. The number of rotatable bonds is 5. The minimum absolute atomic E-state index is 0.615. The highest BCUT2D eigenvalue weighted by molar-refractivity contribution is 9.10. The molecule has 1 atom stereocenters. The molecule has 4 heteroatoms. The van der Waals surface area contributed by atoms with Crippen molar-refractivity contribution in [2.75, 3.05) is 39.8 Å². The van der Waals surface area contributed by atoms with Crippen molar-refractivity contribution in [1.82, 2.24) is 15.1 Å². The molecule has 0 saturated carbocycles. The topological polar surface area (TPSA) is 18.5 Å². The third kappa shape index (κ3) is 4.88. The van der Waals surface area contributed by atoms with Crippen LogP contribution in [0.3, 0.4) is 0 Å². The minimum atomic E-state index is 0.615. The van der Waals surface area contributed by atoms with Gasteiger partial charge in [-0.1, -0.05) is 28.1 Å². The molecule has 3 nitrogen and oxygen atoms in total. The van der Waals surface area contributed by atoms with Crippen LogP contribution >= 0.6 is 15.9 Å². The van der Waals surface area contributed by atoms with Gasteiger partial charge in [0.1, 0.15) is 0 Å². The Bertz CT molecular complexity index is 371. The van der Waals surface area contributed by atoms with Crippen molar-refractivity contribution in [2.45, 2.75) is 19.5 Å². The SMILES string of the molecule is CC(CNCc1ccc(Br)cc1)N1CCN(C)CC1. The molecular weight excluding hydrogens is 302 g/mol. The molecule has 0 amide bonds. The molecule has 106 valence electrons. The van der Waals surface area contributed by atoms with Crippen molar-refractivity contribution >= 4 is 15.9 Å². The van der Waals surface area contributed by atoms with Crippen LogP contribution in [-0.2, 0) is 6.54 Å². The lowest BCUT2D eigenvalue weighted by molar-refractivity contribution is 0.118. The fraction of sp³-hybridized carbons (Fsp3) is 0.600. The summed E-state index contributed by atoms with van der Waals surface area (Å²) in [6.07, 6.45) is 0. The Morgan fingerprint density at radius 1 is 1.16 bits per heavy atom. The number of nitrogens with one attached hydrogen (secondary N) is 1. The van der Waals surface area contributed by atoms with E-state index in [1.54, 1.807) is 0 Å². The predicted octanol–water partition coefficient (Wildman–Crippen LogP) is 2.17. The van der Waals surface area contributed by atoms with E-state index in [0.29, 0.717) is 6.04 Å². The van der Waals surface area contributed by atoms with Crippen molar-refractivity contribution in [3.05, 3.63) is 34.3 Å². The lowest BCUT2D eigenvalue weighted by Gasteiger charge is -2.36. The Balaban J connectivity index is 1.69. The van der Waals surface area contributed by atoms with Gasteiger partial charge in [-0.25, -0.2) is 0 Å². The van der Waals surface area contributed by atoms with Gasteiger partial charge in [-0.05, 0) is 31.7 Å². The Morgan fingerprint density at radius 2 is 1.79 bits per heavy atom. The summed E-state index contributed by atoms with van der Waals surface area (Å²) in [5, 5.41) is 3.56. The summed E-state index contributed by atoms with van der Waals surface area (Å²) < 4.78 is 1.14. The highest BCUT2D eigenvalue weighted by Crippen LogP contribution is 2.10. The molecule has 0 spiro atoms. The van der Waals surface area contributed by atoms with E-state index in [1.165, 1.54) is 31.7 Å². The van der Waals surface area contributed by atoms with Gasteiger partial charge in [0.05, 0.1) is 0 Å². The first-order valence-corrected chi connectivity index (χ1v) is 7.82. The molecule has 1 N–H and O–H groups in total. The van der Waals surface area contributed by atoms with E-state index in [4.69, 9.17) is 0 Å². The average molecular weight is 326 g/mol. The molecule has 0 aliphatic carbocycles. The van der Waals surface area contributed by atoms with Gasteiger partial charge in [0.15, 0.2) is 0 Å². The molecule has 1 aromatic rings. The molecule has 0 radical (unpaired) electrons. The van der Waals surface area contributed by atoms with E-state index in [0.717, 1.165) is 17.6 Å². The van der Waals surface area contributed by atoms with Crippen molar-refractivity contribution in [3.63, 3.8) is 0 Å². The Kier molecular flexibility index (Phi) is 5.82. The summed E-state index contributed by atoms with van der Waals surface area (Å²) in [4.78, 5) is 4.98. The van der Waals surface area contributed by atoms with Crippen LogP contribution in [0.2, 0.25) is 0 Å². The zero-order valence-electron chi connectivity index (χ0n) is 11.9. The first-order valence-electron chi connectivity index (χ1n) is 7.03. The predicted molar refractivity (Wildman–Crippen MR) is 84.4 cm³/mol. The maximum absolute atomic E-state index is 3.56. The number of nitrogens with zero attached hydrogens (tertiary/aromatic N) is 2. The van der Waals surface area contributed by atoms with Gasteiger partial charge in [-0.3, -0.25) is 4.90 Å². The third-order valence-electron chi connectivity index (χ3n) is 3.84. The van der Waals surface area contributed by atoms with E-state index in [-0.39, 0.29) is 0 Å². The number of hydrogen-bond donors (Lipinski definition) is 1. The zero-order valence-corrected chi connectivity index (χ0v) is 13.5.